The van der Waals surface area contributed by atoms with Gasteiger partial charge in [-0.1, -0.05) is 0 Å². The second-order valence-corrected chi connectivity index (χ2v) is 5.08. The lowest BCUT2D eigenvalue weighted by Crippen LogP contribution is -2.51. The molecule has 2 aliphatic heterocycles. The van der Waals surface area contributed by atoms with Gasteiger partial charge in [0.15, 0.2) is 0 Å². The van der Waals surface area contributed by atoms with E-state index < -0.39 is 0 Å². The fraction of sp³-hybridized carbons (Fsp3) is 0.667. The van der Waals surface area contributed by atoms with E-state index in [-0.39, 0.29) is 5.91 Å². The number of carbonyl (C=O) groups excluding carboxylic acids is 1. The van der Waals surface area contributed by atoms with Crippen LogP contribution in [0.5, 0.6) is 0 Å². The lowest BCUT2D eigenvalue weighted by molar-refractivity contribution is -0.120. The Morgan fingerprint density at radius 3 is 2.82 bits per heavy atom. The Bertz CT molecular complexity index is 441. The number of likely N-dealkylation sites (tertiary alicyclic amines) is 1. The van der Waals surface area contributed by atoms with Crippen molar-refractivity contribution < 1.29 is 4.79 Å². The molecule has 3 rings (SSSR count). The molecule has 0 aromatic carbocycles. The molecule has 2 fully saturated rings. The van der Waals surface area contributed by atoms with E-state index in [9.17, 15) is 4.79 Å². The van der Waals surface area contributed by atoms with Crippen LogP contribution >= 0.6 is 0 Å². The number of anilines is 1. The molecule has 5 heteroatoms. The van der Waals surface area contributed by atoms with E-state index >= 15 is 0 Å². The van der Waals surface area contributed by atoms with Crippen LogP contribution in [0.25, 0.3) is 0 Å². The van der Waals surface area contributed by atoms with Gasteiger partial charge in [-0.25, -0.2) is 0 Å². The third-order valence-electron chi connectivity index (χ3n) is 4.01. The molecule has 1 aromatic rings. The molecule has 0 radical (unpaired) electrons. The first-order chi connectivity index (χ1) is 8.16. The van der Waals surface area contributed by atoms with Gasteiger partial charge in [0.1, 0.15) is 0 Å². The topological polar surface area (TPSA) is 41.4 Å². The maximum Gasteiger partial charge on any atom is 0.227 e. The molecule has 1 aromatic heterocycles. The van der Waals surface area contributed by atoms with Crippen LogP contribution in [0, 0.1) is 0 Å². The third kappa shape index (κ3) is 1.65. The molecule has 0 aliphatic carbocycles. The van der Waals surface area contributed by atoms with E-state index in [4.69, 9.17) is 0 Å². The van der Waals surface area contributed by atoms with Crippen LogP contribution in [0.4, 0.5) is 5.69 Å². The van der Waals surface area contributed by atoms with Gasteiger partial charge in [-0.15, -0.1) is 0 Å². The number of nitrogens with zero attached hydrogens (tertiary/aromatic N) is 4. The summed E-state index contributed by atoms with van der Waals surface area (Å²) in [7, 11) is 4.04. The number of hydrogen-bond acceptors (Lipinski definition) is 3. The van der Waals surface area contributed by atoms with Crippen LogP contribution in [-0.2, 0) is 11.8 Å². The summed E-state index contributed by atoms with van der Waals surface area (Å²) in [4.78, 5) is 16.5. The molecule has 17 heavy (non-hydrogen) atoms. The fourth-order valence-electron chi connectivity index (χ4n) is 3.15. The minimum absolute atomic E-state index is 0.245. The highest BCUT2D eigenvalue weighted by Gasteiger charge is 2.42. The van der Waals surface area contributed by atoms with Crippen molar-refractivity contribution in [3.8, 4) is 0 Å². The van der Waals surface area contributed by atoms with E-state index in [0.717, 1.165) is 25.1 Å². The van der Waals surface area contributed by atoms with Gasteiger partial charge in [-0.3, -0.25) is 9.48 Å². The van der Waals surface area contributed by atoms with Gasteiger partial charge in [-0.2, -0.15) is 5.10 Å². The monoisotopic (exact) mass is 234 g/mol. The quantitative estimate of drug-likeness (QED) is 0.715. The molecule has 1 amide bonds. The van der Waals surface area contributed by atoms with E-state index in [2.05, 4.69) is 17.0 Å². The number of aryl methyl sites for hydroxylation is 1. The summed E-state index contributed by atoms with van der Waals surface area (Å²) in [5.74, 6) is 0.245. The Labute approximate surface area is 101 Å². The summed E-state index contributed by atoms with van der Waals surface area (Å²) in [6.45, 7) is 1.08. The number of fused-ring (bicyclic) bond motifs is 1. The summed E-state index contributed by atoms with van der Waals surface area (Å²) in [6.07, 6.45) is 6.44. The Hall–Kier alpha value is -1.36. The number of aromatic nitrogens is 2. The molecule has 2 saturated heterocycles. The Morgan fingerprint density at radius 1 is 1.29 bits per heavy atom. The van der Waals surface area contributed by atoms with Gasteiger partial charge in [0.2, 0.25) is 5.91 Å². The van der Waals surface area contributed by atoms with E-state index in [1.165, 1.54) is 0 Å². The summed E-state index contributed by atoms with van der Waals surface area (Å²) < 4.78 is 1.75. The number of carbonyl (C=O) groups is 1. The lowest BCUT2D eigenvalue weighted by atomic mass is 9.96. The molecule has 3 heterocycles. The summed E-state index contributed by atoms with van der Waals surface area (Å²) in [5.41, 5.74) is 0.947. The Balaban J connectivity index is 1.93. The van der Waals surface area contributed by atoms with Gasteiger partial charge in [-0.05, 0) is 19.9 Å². The van der Waals surface area contributed by atoms with Crippen molar-refractivity contribution in [2.75, 3.05) is 18.5 Å². The van der Waals surface area contributed by atoms with Crippen molar-refractivity contribution in [2.24, 2.45) is 7.05 Å². The maximum atomic E-state index is 12.1. The molecule has 0 unspecified atom stereocenters. The fourth-order valence-corrected chi connectivity index (χ4v) is 3.15. The zero-order chi connectivity index (χ0) is 12.0. The third-order valence-corrected chi connectivity index (χ3v) is 4.01. The zero-order valence-electron chi connectivity index (χ0n) is 10.3. The summed E-state index contributed by atoms with van der Waals surface area (Å²) in [6, 6.07) is 0.860. The molecule has 0 spiro atoms. The molecule has 0 bridgehead atoms. The Kier molecular flexibility index (Phi) is 2.43. The lowest BCUT2D eigenvalue weighted by Gasteiger charge is -2.38. The Morgan fingerprint density at radius 2 is 2.12 bits per heavy atom. The van der Waals surface area contributed by atoms with Gasteiger partial charge < -0.3 is 9.80 Å². The number of amides is 1. The zero-order valence-corrected chi connectivity index (χ0v) is 10.3. The molecule has 2 atom stereocenters. The molecule has 2 aliphatic rings. The van der Waals surface area contributed by atoms with Crippen LogP contribution in [-0.4, -0.2) is 46.3 Å². The smallest absolute Gasteiger partial charge is 0.227 e. The van der Waals surface area contributed by atoms with Gasteiger partial charge in [0.05, 0.1) is 17.9 Å². The van der Waals surface area contributed by atoms with Crippen LogP contribution in [0.2, 0.25) is 0 Å². The van der Waals surface area contributed by atoms with Crippen molar-refractivity contribution in [1.82, 2.24) is 14.7 Å². The maximum absolute atomic E-state index is 12.1. The first kappa shape index (κ1) is 10.8. The minimum Gasteiger partial charge on any atom is -0.305 e. The normalized spacial score (nSPS) is 29.8. The first-order valence-electron chi connectivity index (χ1n) is 6.18. The summed E-state index contributed by atoms with van der Waals surface area (Å²) in [5, 5.41) is 4.17. The van der Waals surface area contributed by atoms with Gasteiger partial charge >= 0.3 is 0 Å². The van der Waals surface area contributed by atoms with Crippen molar-refractivity contribution in [1.29, 1.82) is 0 Å². The SMILES string of the molecule is CN1CC[C@@H]2[C@H]1CCC(=O)N2c1cnn(C)c1. The standard InChI is InChI=1S/C12H18N4O/c1-14-6-5-11-10(14)3-4-12(17)16(11)9-7-13-15(2)8-9/h7-8,10-11H,3-6H2,1-2H3/t10-,11-/m1/s1. The molecule has 92 valence electrons. The number of rotatable bonds is 1. The second-order valence-electron chi connectivity index (χ2n) is 5.08. The van der Waals surface area contributed by atoms with Crippen molar-refractivity contribution in [2.45, 2.75) is 31.3 Å². The van der Waals surface area contributed by atoms with Gasteiger partial charge in [0, 0.05) is 32.3 Å². The summed E-state index contributed by atoms with van der Waals surface area (Å²) >= 11 is 0. The number of likely N-dealkylation sites (N-methyl/N-ethyl adjacent to an activating group) is 1. The van der Waals surface area contributed by atoms with Crippen LogP contribution in [0.1, 0.15) is 19.3 Å². The van der Waals surface area contributed by atoms with E-state index in [0.29, 0.717) is 18.5 Å². The highest BCUT2D eigenvalue weighted by atomic mass is 16.2. The second kappa shape index (κ2) is 3.84. The number of hydrogen-bond donors (Lipinski definition) is 0. The average molecular weight is 234 g/mol. The highest BCUT2D eigenvalue weighted by molar-refractivity contribution is 5.94. The number of piperidine rings is 1. The molecule has 0 N–H and O–H groups in total. The van der Waals surface area contributed by atoms with Crippen molar-refractivity contribution in [3.05, 3.63) is 12.4 Å². The molecule has 0 saturated carbocycles. The van der Waals surface area contributed by atoms with Crippen molar-refractivity contribution in [3.63, 3.8) is 0 Å². The van der Waals surface area contributed by atoms with E-state index in [1.54, 1.807) is 10.9 Å². The minimum atomic E-state index is 0.245. The molecular weight excluding hydrogens is 216 g/mol. The largest absolute Gasteiger partial charge is 0.305 e. The van der Waals surface area contributed by atoms with Crippen molar-refractivity contribution >= 4 is 11.6 Å². The van der Waals surface area contributed by atoms with Crippen LogP contribution < -0.4 is 4.90 Å². The molecule has 5 nitrogen and oxygen atoms in total. The first-order valence-corrected chi connectivity index (χ1v) is 6.18. The predicted molar refractivity (Wildman–Crippen MR) is 64.8 cm³/mol. The van der Waals surface area contributed by atoms with Crippen LogP contribution in [0.15, 0.2) is 12.4 Å². The van der Waals surface area contributed by atoms with Crippen LogP contribution in [0.3, 0.4) is 0 Å². The highest BCUT2D eigenvalue weighted by Crippen LogP contribution is 2.33. The molecular formula is C12H18N4O. The van der Waals surface area contributed by atoms with Gasteiger partial charge in [0.25, 0.3) is 0 Å². The van der Waals surface area contributed by atoms with E-state index in [1.807, 2.05) is 18.1 Å². The average Bonchev–Trinajstić information content (AvgIpc) is 2.86. The predicted octanol–water partition coefficient (Wildman–Crippen LogP) is 0.620.